The van der Waals surface area contributed by atoms with E-state index in [0.717, 1.165) is 10.5 Å². The maximum atomic E-state index is 13.0. The van der Waals surface area contributed by atoms with Gasteiger partial charge in [-0.05, 0) is 12.0 Å². The number of aliphatic imine (C=N–C) groups is 1. The Hall–Kier alpha value is -2.35. The Kier molecular flexibility index (Phi) is 4.69. The second-order valence-corrected chi connectivity index (χ2v) is 8.29. The number of thioether (sulfide) groups is 1. The lowest BCUT2D eigenvalue weighted by molar-refractivity contribution is -0.158. The molecular weight excluding hydrogens is 378 g/mol. The van der Waals surface area contributed by atoms with Gasteiger partial charge in [0.1, 0.15) is 0 Å². The Labute approximate surface area is 168 Å². The Balaban J connectivity index is 1.71. The number of methoxy groups -OCH3 is 1. The van der Waals surface area contributed by atoms with Gasteiger partial charge in [-0.2, -0.15) is 0 Å². The molecule has 3 aliphatic rings. The molecular formula is C20H23N3O4S. The van der Waals surface area contributed by atoms with Crippen LogP contribution in [0, 0.1) is 11.8 Å². The third kappa shape index (κ3) is 2.43. The molecule has 0 saturated carbocycles. The second-order valence-electron chi connectivity index (χ2n) is 7.34. The van der Waals surface area contributed by atoms with Gasteiger partial charge in [0.05, 0.1) is 31.5 Å². The zero-order valence-electron chi connectivity index (χ0n) is 16.1. The number of amides is 2. The first-order chi connectivity index (χ1) is 13.5. The van der Waals surface area contributed by atoms with Gasteiger partial charge < -0.3 is 9.64 Å². The normalized spacial score (nSPS) is 31.1. The number of fused-ring (bicyclic) bond motifs is 3. The highest BCUT2D eigenvalue weighted by atomic mass is 32.2. The number of hydrogen-bond acceptors (Lipinski definition) is 7. The number of nitrogens with zero attached hydrogens (tertiary/aromatic N) is 3. The van der Waals surface area contributed by atoms with E-state index in [-0.39, 0.29) is 17.9 Å². The number of likely N-dealkylation sites (tertiary alicyclic amines) is 1. The molecule has 148 valence electrons. The SMILES string of the molecule is CC[C@]1(C(=O)OC)[C@H]2C(=O)N(C)C(=O)[C@H]2[C@H]2CN=C(SCc3ccccc3)N21. The van der Waals surface area contributed by atoms with E-state index in [4.69, 9.17) is 4.74 Å². The third-order valence-corrected chi connectivity index (χ3v) is 7.23. The smallest absolute Gasteiger partial charge is 0.332 e. The van der Waals surface area contributed by atoms with Crippen LogP contribution in [0.1, 0.15) is 18.9 Å². The van der Waals surface area contributed by atoms with Gasteiger partial charge in [-0.3, -0.25) is 19.5 Å². The molecule has 3 aliphatic heterocycles. The fourth-order valence-corrected chi connectivity index (χ4v) is 5.95. The van der Waals surface area contributed by atoms with Gasteiger partial charge in [-0.1, -0.05) is 49.0 Å². The van der Waals surface area contributed by atoms with Crippen LogP contribution in [0.2, 0.25) is 0 Å². The fraction of sp³-hybridized carbons (Fsp3) is 0.500. The molecule has 0 spiro atoms. The summed E-state index contributed by atoms with van der Waals surface area (Å²) in [6, 6.07) is 9.71. The molecule has 2 fully saturated rings. The number of carbonyl (C=O) groups is 3. The first kappa shape index (κ1) is 19.0. The molecule has 7 nitrogen and oxygen atoms in total. The number of rotatable bonds is 4. The van der Waals surface area contributed by atoms with Crippen molar-refractivity contribution in [2.24, 2.45) is 16.8 Å². The van der Waals surface area contributed by atoms with Crippen LogP contribution in [-0.4, -0.2) is 65.0 Å². The highest BCUT2D eigenvalue weighted by molar-refractivity contribution is 8.13. The number of carbonyl (C=O) groups excluding carboxylic acids is 3. The molecule has 8 heteroatoms. The molecule has 1 aromatic rings. The minimum absolute atomic E-state index is 0.228. The van der Waals surface area contributed by atoms with Gasteiger partial charge in [-0.15, -0.1) is 0 Å². The number of hydrogen-bond donors (Lipinski definition) is 0. The van der Waals surface area contributed by atoms with Crippen LogP contribution in [-0.2, 0) is 24.9 Å². The van der Waals surface area contributed by atoms with Crippen molar-refractivity contribution in [3.8, 4) is 0 Å². The van der Waals surface area contributed by atoms with Crippen molar-refractivity contribution < 1.29 is 19.1 Å². The van der Waals surface area contributed by atoms with Crippen molar-refractivity contribution in [1.29, 1.82) is 0 Å². The molecule has 0 radical (unpaired) electrons. The van der Waals surface area contributed by atoms with Crippen molar-refractivity contribution in [3.05, 3.63) is 35.9 Å². The van der Waals surface area contributed by atoms with E-state index >= 15 is 0 Å². The Bertz CT molecular complexity index is 858. The number of amidine groups is 1. The summed E-state index contributed by atoms with van der Waals surface area (Å²) in [5, 5.41) is 0.707. The minimum Gasteiger partial charge on any atom is -0.467 e. The highest BCUT2D eigenvalue weighted by Gasteiger charge is 2.72. The number of ether oxygens (including phenoxy) is 1. The highest BCUT2D eigenvalue weighted by Crippen LogP contribution is 2.53. The zero-order chi connectivity index (χ0) is 20.1. The molecule has 2 amide bonds. The Morgan fingerprint density at radius 1 is 1.29 bits per heavy atom. The zero-order valence-corrected chi connectivity index (χ0v) is 16.9. The molecule has 0 N–H and O–H groups in total. The first-order valence-corrected chi connectivity index (χ1v) is 10.4. The summed E-state index contributed by atoms with van der Waals surface area (Å²) in [5.41, 5.74) is -0.0502. The maximum absolute atomic E-state index is 13.0. The van der Waals surface area contributed by atoms with Crippen LogP contribution < -0.4 is 0 Å². The fourth-order valence-electron chi connectivity index (χ4n) is 4.86. The van der Waals surface area contributed by atoms with Gasteiger partial charge in [0, 0.05) is 12.8 Å². The average Bonchev–Trinajstić information content (AvgIpc) is 3.33. The number of benzene rings is 1. The molecule has 0 bridgehead atoms. The molecule has 4 rings (SSSR count). The molecule has 1 aromatic carbocycles. The van der Waals surface area contributed by atoms with Gasteiger partial charge in [0.15, 0.2) is 10.7 Å². The van der Waals surface area contributed by atoms with E-state index in [1.165, 1.54) is 25.9 Å². The first-order valence-electron chi connectivity index (χ1n) is 9.37. The second kappa shape index (κ2) is 6.92. The summed E-state index contributed by atoms with van der Waals surface area (Å²) in [6.07, 6.45) is 0.370. The number of imide groups is 1. The standard InChI is InChI=1S/C20H23N3O4S/c1-4-20(18(26)27-3)15-14(16(24)22(2)17(15)25)13-10-21-19(23(13)20)28-11-12-8-6-5-7-9-12/h5-9,13-15H,4,10-11H2,1-3H3/t13-,14+,15-,20-/m1/s1. The molecule has 2 saturated heterocycles. The predicted octanol–water partition coefficient (Wildman–Crippen LogP) is 1.53. The topological polar surface area (TPSA) is 79.3 Å². The number of esters is 1. The van der Waals surface area contributed by atoms with Crippen LogP contribution in [0.5, 0.6) is 0 Å². The summed E-state index contributed by atoms with van der Waals surface area (Å²) in [5.74, 6) is -1.59. The van der Waals surface area contributed by atoms with Gasteiger partial charge in [-0.25, -0.2) is 4.79 Å². The van der Waals surface area contributed by atoms with Gasteiger partial charge in [0.2, 0.25) is 11.8 Å². The third-order valence-electron chi connectivity index (χ3n) is 6.17. The lowest BCUT2D eigenvalue weighted by atomic mass is 9.78. The molecule has 28 heavy (non-hydrogen) atoms. The lowest BCUT2D eigenvalue weighted by Crippen LogP contribution is -2.59. The summed E-state index contributed by atoms with van der Waals surface area (Å²) < 4.78 is 5.15. The van der Waals surface area contributed by atoms with E-state index in [9.17, 15) is 14.4 Å². The van der Waals surface area contributed by atoms with Gasteiger partial charge in [0.25, 0.3) is 0 Å². The summed E-state index contributed by atoms with van der Waals surface area (Å²) in [6.45, 7) is 2.27. The lowest BCUT2D eigenvalue weighted by Gasteiger charge is -2.39. The van der Waals surface area contributed by atoms with Crippen molar-refractivity contribution in [2.45, 2.75) is 30.7 Å². The molecule has 3 heterocycles. The minimum atomic E-state index is -1.19. The average molecular weight is 401 g/mol. The van der Waals surface area contributed by atoms with Crippen molar-refractivity contribution in [1.82, 2.24) is 9.80 Å². The molecule has 0 aliphatic carbocycles. The van der Waals surface area contributed by atoms with Crippen molar-refractivity contribution in [3.63, 3.8) is 0 Å². The summed E-state index contributed by atoms with van der Waals surface area (Å²) >= 11 is 1.53. The van der Waals surface area contributed by atoms with Crippen LogP contribution in [0.4, 0.5) is 0 Å². The van der Waals surface area contributed by atoms with Crippen LogP contribution in [0.3, 0.4) is 0 Å². The van der Waals surface area contributed by atoms with Crippen molar-refractivity contribution in [2.75, 3.05) is 20.7 Å². The van der Waals surface area contributed by atoms with E-state index in [1.54, 1.807) is 0 Å². The Morgan fingerprint density at radius 3 is 2.64 bits per heavy atom. The van der Waals surface area contributed by atoms with E-state index in [0.29, 0.717) is 23.9 Å². The quantitative estimate of drug-likeness (QED) is 0.562. The van der Waals surface area contributed by atoms with E-state index in [1.807, 2.05) is 42.2 Å². The van der Waals surface area contributed by atoms with E-state index in [2.05, 4.69) is 4.99 Å². The summed E-state index contributed by atoms with van der Waals surface area (Å²) in [4.78, 5) is 46.5. The summed E-state index contributed by atoms with van der Waals surface area (Å²) in [7, 11) is 2.82. The van der Waals surface area contributed by atoms with E-state index < -0.39 is 23.3 Å². The van der Waals surface area contributed by atoms with Gasteiger partial charge >= 0.3 is 5.97 Å². The predicted molar refractivity (Wildman–Crippen MR) is 105 cm³/mol. The van der Waals surface area contributed by atoms with Crippen LogP contribution >= 0.6 is 11.8 Å². The van der Waals surface area contributed by atoms with Crippen molar-refractivity contribution >= 4 is 34.7 Å². The van der Waals surface area contributed by atoms with Crippen LogP contribution in [0.15, 0.2) is 35.3 Å². The molecule has 4 atom stereocenters. The monoisotopic (exact) mass is 401 g/mol. The molecule has 0 unspecified atom stereocenters. The molecule has 0 aromatic heterocycles. The Morgan fingerprint density at radius 2 is 2.00 bits per heavy atom. The largest absolute Gasteiger partial charge is 0.467 e. The van der Waals surface area contributed by atoms with Crippen LogP contribution in [0.25, 0.3) is 0 Å². The maximum Gasteiger partial charge on any atom is 0.332 e.